The van der Waals surface area contributed by atoms with Crippen LogP contribution in [0.4, 0.5) is 13.2 Å². The van der Waals surface area contributed by atoms with Gasteiger partial charge in [-0.15, -0.1) is 0 Å². The van der Waals surface area contributed by atoms with Gasteiger partial charge in [-0.1, -0.05) is 6.07 Å². The van der Waals surface area contributed by atoms with Gasteiger partial charge in [0.05, 0.1) is 6.04 Å². The lowest BCUT2D eigenvalue weighted by Crippen LogP contribution is -2.32. The predicted octanol–water partition coefficient (Wildman–Crippen LogP) is 2.66. The highest BCUT2D eigenvalue weighted by Gasteiger charge is 2.32. The van der Waals surface area contributed by atoms with Crippen LogP contribution in [-0.4, -0.2) is 24.1 Å². The predicted molar refractivity (Wildman–Crippen MR) is 85.4 cm³/mol. The lowest BCUT2D eigenvalue weighted by molar-refractivity contribution is -0.141. The van der Waals surface area contributed by atoms with Crippen LogP contribution in [-0.2, 0) is 6.18 Å². The van der Waals surface area contributed by atoms with Crippen molar-refractivity contribution in [2.45, 2.75) is 19.1 Å². The molecule has 3 rings (SSSR count). The summed E-state index contributed by atoms with van der Waals surface area (Å²) in [6.07, 6.45) is -4.69. The molecule has 2 heterocycles. The first-order valence-electron chi connectivity index (χ1n) is 7.76. The molecule has 1 atom stereocenters. The van der Waals surface area contributed by atoms with Crippen LogP contribution in [0, 0.1) is 0 Å². The maximum atomic E-state index is 12.6. The zero-order valence-corrected chi connectivity index (χ0v) is 13.6. The Morgan fingerprint density at radius 2 is 1.85 bits per heavy atom. The van der Waals surface area contributed by atoms with Gasteiger partial charge in [0, 0.05) is 0 Å². The van der Waals surface area contributed by atoms with Crippen molar-refractivity contribution < 1.29 is 27.4 Å². The Hall–Kier alpha value is -2.97. The van der Waals surface area contributed by atoms with E-state index in [0.717, 1.165) is 6.07 Å². The normalized spacial score (nSPS) is 14.6. The molecule has 1 amide bonds. The Balaban J connectivity index is 1.76. The van der Waals surface area contributed by atoms with Gasteiger partial charge in [-0.2, -0.15) is 13.2 Å². The summed E-state index contributed by atoms with van der Waals surface area (Å²) in [6, 6.07) is 6.15. The summed E-state index contributed by atoms with van der Waals surface area (Å²) in [7, 11) is 0. The lowest BCUT2D eigenvalue weighted by atomic mass is 10.1. The second-order valence-electron chi connectivity index (χ2n) is 5.71. The van der Waals surface area contributed by atoms with E-state index in [1.54, 1.807) is 30.1 Å². The standard InChI is InChI=1S/C17H15F3N2O4/c1-9(10-2-4-12-13(8-10)26-7-6-25-12)21-15(23)11-3-5-14(17(18,19)20)22-16(11)24/h2-5,8-9H,6-7H2,1H3,(H,21,23)(H,22,24)/t9-/m0/s1. The number of pyridine rings is 1. The molecule has 138 valence electrons. The van der Waals surface area contributed by atoms with Crippen LogP contribution in [0.15, 0.2) is 35.1 Å². The van der Waals surface area contributed by atoms with Crippen molar-refractivity contribution in [3.8, 4) is 11.5 Å². The third-order valence-corrected chi connectivity index (χ3v) is 3.87. The molecule has 6 nitrogen and oxygen atoms in total. The smallest absolute Gasteiger partial charge is 0.431 e. The summed E-state index contributed by atoms with van der Waals surface area (Å²) >= 11 is 0. The fourth-order valence-electron chi connectivity index (χ4n) is 2.50. The summed E-state index contributed by atoms with van der Waals surface area (Å²) in [5.74, 6) is 0.363. The third kappa shape index (κ3) is 3.66. The minimum Gasteiger partial charge on any atom is -0.486 e. The first-order valence-corrected chi connectivity index (χ1v) is 7.76. The largest absolute Gasteiger partial charge is 0.486 e. The molecule has 0 bridgehead atoms. The first-order chi connectivity index (χ1) is 12.3. The van der Waals surface area contributed by atoms with Gasteiger partial charge in [-0.25, -0.2) is 0 Å². The van der Waals surface area contributed by atoms with E-state index in [1.807, 2.05) is 0 Å². The highest BCUT2D eigenvalue weighted by atomic mass is 19.4. The second kappa shape index (κ2) is 6.74. The Labute approximate surface area is 145 Å². The topological polar surface area (TPSA) is 80.4 Å². The maximum Gasteiger partial charge on any atom is 0.431 e. The number of carbonyl (C=O) groups is 1. The third-order valence-electron chi connectivity index (χ3n) is 3.87. The van der Waals surface area contributed by atoms with E-state index in [9.17, 15) is 22.8 Å². The number of aromatic nitrogens is 1. The van der Waals surface area contributed by atoms with Crippen LogP contribution in [0.2, 0.25) is 0 Å². The van der Waals surface area contributed by atoms with Crippen molar-refractivity contribution in [1.82, 2.24) is 10.3 Å². The average Bonchev–Trinajstić information content (AvgIpc) is 2.60. The van der Waals surface area contributed by atoms with Crippen molar-refractivity contribution in [2.75, 3.05) is 13.2 Å². The molecule has 0 saturated carbocycles. The van der Waals surface area contributed by atoms with Crippen molar-refractivity contribution >= 4 is 5.91 Å². The molecule has 0 unspecified atom stereocenters. The van der Waals surface area contributed by atoms with Crippen LogP contribution < -0.4 is 20.3 Å². The van der Waals surface area contributed by atoms with Crippen molar-refractivity contribution in [2.24, 2.45) is 0 Å². The molecule has 0 spiro atoms. The van der Waals surface area contributed by atoms with E-state index < -0.39 is 34.9 Å². The second-order valence-corrected chi connectivity index (χ2v) is 5.71. The highest BCUT2D eigenvalue weighted by Crippen LogP contribution is 2.32. The number of benzene rings is 1. The van der Waals surface area contributed by atoms with Gasteiger partial charge >= 0.3 is 6.18 Å². The fourth-order valence-corrected chi connectivity index (χ4v) is 2.50. The zero-order chi connectivity index (χ0) is 18.9. The molecule has 2 aromatic rings. The molecule has 1 aromatic carbocycles. The average molecular weight is 368 g/mol. The van der Waals surface area contributed by atoms with Crippen LogP contribution in [0.25, 0.3) is 0 Å². The monoisotopic (exact) mass is 368 g/mol. The molecular formula is C17H15F3N2O4. The molecule has 0 radical (unpaired) electrons. The number of ether oxygens (including phenoxy) is 2. The van der Waals surface area contributed by atoms with E-state index in [0.29, 0.717) is 36.3 Å². The summed E-state index contributed by atoms with van der Waals surface area (Å²) < 4.78 is 48.6. The van der Waals surface area contributed by atoms with Gasteiger partial charge < -0.3 is 19.8 Å². The Bertz CT molecular complexity index is 892. The van der Waals surface area contributed by atoms with Crippen molar-refractivity contribution in [3.05, 3.63) is 57.5 Å². The van der Waals surface area contributed by atoms with E-state index in [1.165, 1.54) is 0 Å². The Morgan fingerprint density at radius 1 is 1.15 bits per heavy atom. The number of rotatable bonds is 3. The minimum atomic E-state index is -4.69. The Kier molecular flexibility index (Phi) is 4.62. The zero-order valence-electron chi connectivity index (χ0n) is 13.6. The van der Waals surface area contributed by atoms with Crippen LogP contribution >= 0.6 is 0 Å². The number of alkyl halides is 3. The van der Waals surface area contributed by atoms with E-state index in [2.05, 4.69) is 5.32 Å². The van der Waals surface area contributed by atoms with Gasteiger partial charge in [0.1, 0.15) is 24.5 Å². The Morgan fingerprint density at radius 3 is 2.50 bits per heavy atom. The number of carbonyl (C=O) groups excluding carboxylic acids is 1. The van der Waals surface area contributed by atoms with Crippen LogP contribution in [0.3, 0.4) is 0 Å². The van der Waals surface area contributed by atoms with Gasteiger partial charge in [-0.05, 0) is 36.8 Å². The molecule has 26 heavy (non-hydrogen) atoms. The quantitative estimate of drug-likeness (QED) is 0.873. The summed E-state index contributed by atoms with van der Waals surface area (Å²) in [4.78, 5) is 25.7. The van der Waals surface area contributed by atoms with Gasteiger partial charge in [0.2, 0.25) is 0 Å². The van der Waals surface area contributed by atoms with Crippen molar-refractivity contribution in [3.63, 3.8) is 0 Å². The summed E-state index contributed by atoms with van der Waals surface area (Å²) in [6.45, 7) is 2.55. The number of amides is 1. The molecule has 0 fully saturated rings. The molecule has 1 aliphatic rings. The maximum absolute atomic E-state index is 12.6. The van der Waals surface area contributed by atoms with Crippen LogP contribution in [0.5, 0.6) is 11.5 Å². The number of H-pyrrole nitrogens is 1. The summed E-state index contributed by atoms with van der Waals surface area (Å²) in [5, 5.41) is 2.58. The molecular weight excluding hydrogens is 353 g/mol. The lowest BCUT2D eigenvalue weighted by Gasteiger charge is -2.21. The minimum absolute atomic E-state index is 0.401. The molecule has 9 heteroatoms. The van der Waals surface area contributed by atoms with E-state index >= 15 is 0 Å². The molecule has 2 N–H and O–H groups in total. The molecule has 0 aliphatic carbocycles. The number of nitrogens with one attached hydrogen (secondary N) is 2. The van der Waals surface area contributed by atoms with Gasteiger partial charge in [-0.3, -0.25) is 9.59 Å². The number of halogens is 3. The van der Waals surface area contributed by atoms with E-state index in [-0.39, 0.29) is 0 Å². The fraction of sp³-hybridized carbons (Fsp3) is 0.294. The number of aromatic amines is 1. The highest BCUT2D eigenvalue weighted by molar-refractivity contribution is 5.94. The van der Waals surface area contributed by atoms with Gasteiger partial charge in [0.25, 0.3) is 11.5 Å². The molecule has 1 aliphatic heterocycles. The molecule has 1 aromatic heterocycles. The summed E-state index contributed by atoms with van der Waals surface area (Å²) in [5.41, 5.74) is -2.01. The SMILES string of the molecule is C[C@H](NC(=O)c1ccc(C(F)(F)F)[nH]c1=O)c1ccc2c(c1)OCCO2. The van der Waals surface area contributed by atoms with Crippen molar-refractivity contribution in [1.29, 1.82) is 0 Å². The number of fused-ring (bicyclic) bond motifs is 1. The molecule has 0 saturated heterocycles. The first kappa shape index (κ1) is 17.8. The van der Waals surface area contributed by atoms with E-state index in [4.69, 9.17) is 9.47 Å². The number of hydrogen-bond acceptors (Lipinski definition) is 4. The van der Waals surface area contributed by atoms with Crippen LogP contribution in [0.1, 0.15) is 34.6 Å². The van der Waals surface area contributed by atoms with Gasteiger partial charge in [0.15, 0.2) is 11.5 Å². The number of hydrogen-bond donors (Lipinski definition) is 2.